The smallest absolute Gasteiger partial charge is 0.0702 e. The normalized spacial score (nSPS) is 25.0. The average Bonchev–Trinajstić information content (AvgIpc) is 2.57. The van der Waals surface area contributed by atoms with Crippen LogP contribution in [-0.2, 0) is 11.2 Å². The van der Waals surface area contributed by atoms with Gasteiger partial charge in [0.25, 0.3) is 0 Å². The van der Waals surface area contributed by atoms with E-state index in [2.05, 4.69) is 47.0 Å². The Morgan fingerprint density at radius 2 is 1.95 bits per heavy atom. The predicted octanol–water partition coefficient (Wildman–Crippen LogP) is 3.61. The van der Waals surface area contributed by atoms with E-state index >= 15 is 0 Å². The number of ether oxygens (including phenoxy) is 1. The highest BCUT2D eigenvalue weighted by molar-refractivity contribution is 7.99. The Labute approximate surface area is 133 Å². The second-order valence-electron chi connectivity index (χ2n) is 6.21. The predicted molar refractivity (Wildman–Crippen MR) is 91.0 cm³/mol. The molecular formula is C18H27NOS. The van der Waals surface area contributed by atoms with Crippen LogP contribution in [0.1, 0.15) is 31.2 Å². The quantitative estimate of drug-likeness (QED) is 0.824. The van der Waals surface area contributed by atoms with E-state index in [1.165, 1.54) is 49.2 Å². The van der Waals surface area contributed by atoms with E-state index in [1.807, 2.05) is 0 Å². The molecule has 0 radical (unpaired) electrons. The zero-order valence-electron chi connectivity index (χ0n) is 12.9. The number of nitrogens with zero attached hydrogens (tertiary/aromatic N) is 1. The lowest BCUT2D eigenvalue weighted by Gasteiger charge is -2.39. The first kappa shape index (κ1) is 15.4. The fourth-order valence-electron chi connectivity index (χ4n) is 3.48. The Hall–Kier alpha value is -0.510. The zero-order valence-corrected chi connectivity index (χ0v) is 13.7. The van der Waals surface area contributed by atoms with Gasteiger partial charge in [0, 0.05) is 19.1 Å². The van der Waals surface area contributed by atoms with Gasteiger partial charge in [0.2, 0.25) is 0 Å². The van der Waals surface area contributed by atoms with Crippen molar-refractivity contribution in [2.45, 2.75) is 44.2 Å². The molecular weight excluding hydrogens is 278 g/mol. The third-order valence-corrected chi connectivity index (χ3v) is 5.76. The van der Waals surface area contributed by atoms with E-state index in [9.17, 15) is 0 Å². The molecule has 1 aromatic rings. The van der Waals surface area contributed by atoms with Crippen molar-refractivity contribution in [3.63, 3.8) is 0 Å². The SMILES string of the molecule is c1ccc(CCC[C@H]2CN(C3CCSCC3)CCO2)cc1. The van der Waals surface area contributed by atoms with Gasteiger partial charge >= 0.3 is 0 Å². The highest BCUT2D eigenvalue weighted by Crippen LogP contribution is 2.24. The van der Waals surface area contributed by atoms with Crippen LogP contribution in [0.4, 0.5) is 0 Å². The maximum absolute atomic E-state index is 5.99. The number of aryl methyl sites for hydroxylation is 1. The van der Waals surface area contributed by atoms with Crippen molar-refractivity contribution in [2.75, 3.05) is 31.2 Å². The number of hydrogen-bond donors (Lipinski definition) is 0. The van der Waals surface area contributed by atoms with Crippen LogP contribution in [-0.4, -0.2) is 48.2 Å². The van der Waals surface area contributed by atoms with Crippen LogP contribution in [0.5, 0.6) is 0 Å². The van der Waals surface area contributed by atoms with Crippen LogP contribution in [0.3, 0.4) is 0 Å². The maximum atomic E-state index is 5.99. The van der Waals surface area contributed by atoms with Crippen molar-refractivity contribution in [3.05, 3.63) is 35.9 Å². The molecule has 1 atom stereocenters. The first-order valence-electron chi connectivity index (χ1n) is 8.39. The van der Waals surface area contributed by atoms with E-state index in [1.54, 1.807) is 0 Å². The third-order valence-electron chi connectivity index (χ3n) is 4.71. The Kier molecular flexibility index (Phi) is 6.02. The van der Waals surface area contributed by atoms with E-state index < -0.39 is 0 Å². The minimum Gasteiger partial charge on any atom is -0.376 e. The molecule has 0 bridgehead atoms. The summed E-state index contributed by atoms with van der Waals surface area (Å²) < 4.78 is 5.99. The molecule has 21 heavy (non-hydrogen) atoms. The lowest BCUT2D eigenvalue weighted by molar-refractivity contribution is -0.0481. The molecule has 0 unspecified atom stereocenters. The highest BCUT2D eigenvalue weighted by atomic mass is 32.2. The molecule has 0 N–H and O–H groups in total. The summed E-state index contributed by atoms with van der Waals surface area (Å²) in [4.78, 5) is 2.70. The second kappa shape index (κ2) is 8.21. The fourth-order valence-corrected chi connectivity index (χ4v) is 4.56. The molecule has 0 saturated carbocycles. The van der Waals surface area contributed by atoms with Gasteiger partial charge in [0.05, 0.1) is 12.7 Å². The molecule has 3 rings (SSSR count). The van der Waals surface area contributed by atoms with Crippen molar-refractivity contribution >= 4 is 11.8 Å². The van der Waals surface area contributed by atoms with Gasteiger partial charge < -0.3 is 4.74 Å². The lowest BCUT2D eigenvalue weighted by Crippen LogP contribution is -2.48. The molecule has 2 heterocycles. The fraction of sp³-hybridized carbons (Fsp3) is 0.667. The van der Waals surface area contributed by atoms with Crippen LogP contribution in [0, 0.1) is 0 Å². The molecule has 0 amide bonds. The Bertz CT molecular complexity index is 405. The minimum absolute atomic E-state index is 0.456. The summed E-state index contributed by atoms with van der Waals surface area (Å²) in [7, 11) is 0. The molecule has 0 aromatic heterocycles. The monoisotopic (exact) mass is 305 g/mol. The summed E-state index contributed by atoms with van der Waals surface area (Å²) in [5.41, 5.74) is 1.45. The molecule has 2 saturated heterocycles. The Morgan fingerprint density at radius 1 is 1.14 bits per heavy atom. The third kappa shape index (κ3) is 4.73. The summed E-state index contributed by atoms with van der Waals surface area (Å²) in [5.74, 6) is 2.70. The van der Waals surface area contributed by atoms with Gasteiger partial charge in [-0.2, -0.15) is 11.8 Å². The van der Waals surface area contributed by atoms with Gasteiger partial charge in [-0.05, 0) is 49.2 Å². The zero-order chi connectivity index (χ0) is 14.3. The number of rotatable bonds is 5. The molecule has 2 fully saturated rings. The Balaban J connectivity index is 1.41. The van der Waals surface area contributed by atoms with Gasteiger partial charge in [-0.15, -0.1) is 0 Å². The van der Waals surface area contributed by atoms with Crippen LogP contribution in [0.15, 0.2) is 30.3 Å². The van der Waals surface area contributed by atoms with Crippen molar-refractivity contribution in [2.24, 2.45) is 0 Å². The number of benzene rings is 1. The summed E-state index contributed by atoms with van der Waals surface area (Å²) in [6.45, 7) is 3.23. The van der Waals surface area contributed by atoms with Crippen LogP contribution in [0.2, 0.25) is 0 Å². The first-order valence-corrected chi connectivity index (χ1v) is 9.54. The topological polar surface area (TPSA) is 12.5 Å². The van der Waals surface area contributed by atoms with Crippen molar-refractivity contribution < 1.29 is 4.74 Å². The molecule has 0 spiro atoms. The van der Waals surface area contributed by atoms with Gasteiger partial charge in [-0.25, -0.2) is 0 Å². The number of hydrogen-bond acceptors (Lipinski definition) is 3. The van der Waals surface area contributed by atoms with Gasteiger partial charge in [0.1, 0.15) is 0 Å². The number of morpholine rings is 1. The summed E-state index contributed by atoms with van der Waals surface area (Å²) in [5, 5.41) is 0. The molecule has 2 aliphatic rings. The molecule has 1 aromatic carbocycles. The van der Waals surface area contributed by atoms with Crippen molar-refractivity contribution in [1.82, 2.24) is 4.90 Å². The van der Waals surface area contributed by atoms with Crippen LogP contribution < -0.4 is 0 Å². The first-order chi connectivity index (χ1) is 10.4. The largest absolute Gasteiger partial charge is 0.376 e. The lowest BCUT2D eigenvalue weighted by atomic mass is 10.0. The van der Waals surface area contributed by atoms with Crippen LogP contribution >= 0.6 is 11.8 Å². The van der Waals surface area contributed by atoms with Gasteiger partial charge in [-0.1, -0.05) is 30.3 Å². The summed E-state index contributed by atoms with van der Waals surface area (Å²) in [6, 6.07) is 11.6. The van der Waals surface area contributed by atoms with E-state index in [-0.39, 0.29) is 0 Å². The van der Waals surface area contributed by atoms with Gasteiger partial charge in [-0.3, -0.25) is 4.90 Å². The maximum Gasteiger partial charge on any atom is 0.0702 e. The van der Waals surface area contributed by atoms with E-state index in [4.69, 9.17) is 4.74 Å². The average molecular weight is 305 g/mol. The molecule has 2 nitrogen and oxygen atoms in total. The van der Waals surface area contributed by atoms with E-state index in [0.29, 0.717) is 6.10 Å². The summed E-state index contributed by atoms with van der Waals surface area (Å²) >= 11 is 2.12. The van der Waals surface area contributed by atoms with Crippen LogP contribution in [0.25, 0.3) is 0 Å². The minimum atomic E-state index is 0.456. The Morgan fingerprint density at radius 3 is 2.76 bits per heavy atom. The highest BCUT2D eigenvalue weighted by Gasteiger charge is 2.27. The summed E-state index contributed by atoms with van der Waals surface area (Å²) in [6.07, 6.45) is 6.83. The molecule has 0 aliphatic carbocycles. The molecule has 3 heteroatoms. The van der Waals surface area contributed by atoms with E-state index in [0.717, 1.165) is 25.7 Å². The van der Waals surface area contributed by atoms with Crippen molar-refractivity contribution in [3.8, 4) is 0 Å². The standard InChI is InChI=1S/C18H27NOS/c1-2-5-16(6-3-1)7-4-8-18-15-19(11-12-20-18)17-9-13-21-14-10-17/h1-3,5-6,17-18H,4,7-15H2/t18-/m0/s1. The molecule has 116 valence electrons. The van der Waals surface area contributed by atoms with Gasteiger partial charge in [0.15, 0.2) is 0 Å². The number of thioether (sulfide) groups is 1. The molecule has 2 aliphatic heterocycles. The second-order valence-corrected chi connectivity index (χ2v) is 7.43. The van der Waals surface area contributed by atoms with Crippen molar-refractivity contribution in [1.29, 1.82) is 0 Å².